The molecule has 0 saturated carbocycles. The second kappa shape index (κ2) is 6.29. The largest absolute Gasteiger partial charge is 2.00 e. The molecule has 0 aromatic rings. The fraction of sp³-hybridized carbons (Fsp3) is 0.500. The summed E-state index contributed by atoms with van der Waals surface area (Å²) in [6.45, 7) is 11.3. The molecular formula is C8H12W. The Hall–Kier alpha value is 0.168. The molecule has 0 nitrogen and oxygen atoms in total. The van der Waals surface area contributed by atoms with Crippen LogP contribution in [0.15, 0.2) is 11.6 Å². The van der Waals surface area contributed by atoms with Gasteiger partial charge in [0.1, 0.15) is 0 Å². The van der Waals surface area contributed by atoms with Crippen molar-refractivity contribution in [1.29, 1.82) is 0 Å². The molecule has 0 saturated heterocycles. The van der Waals surface area contributed by atoms with Gasteiger partial charge in [0.2, 0.25) is 0 Å². The third-order valence-corrected chi connectivity index (χ3v) is 0.644. The van der Waals surface area contributed by atoms with E-state index < -0.39 is 0 Å². The molecule has 0 amide bonds. The van der Waals surface area contributed by atoms with Crippen LogP contribution in [0.5, 0.6) is 0 Å². The van der Waals surface area contributed by atoms with Gasteiger partial charge in [-0.15, -0.1) is 12.8 Å². The van der Waals surface area contributed by atoms with Crippen molar-refractivity contribution in [3.63, 3.8) is 0 Å². The van der Waals surface area contributed by atoms with E-state index >= 15 is 0 Å². The summed E-state index contributed by atoms with van der Waals surface area (Å²) in [4.78, 5) is 0. The third kappa shape index (κ3) is 11.6. The Bertz CT molecular complexity index is 101. The minimum absolute atomic E-state index is 0. The van der Waals surface area contributed by atoms with Gasteiger partial charge >= 0.3 is 21.1 Å². The van der Waals surface area contributed by atoms with Crippen LogP contribution in [0.1, 0.15) is 20.8 Å². The maximum absolute atomic E-state index is 5.34. The minimum atomic E-state index is 0. The normalized spacial score (nSPS) is 9.78. The molecular weight excluding hydrogens is 280 g/mol. The molecule has 0 fully saturated rings. The quantitative estimate of drug-likeness (QED) is 0.541. The number of rotatable bonds is 2. The molecule has 0 radical (unpaired) electrons. The van der Waals surface area contributed by atoms with Crippen molar-refractivity contribution in [2.45, 2.75) is 20.8 Å². The molecule has 0 aliphatic carbocycles. The van der Waals surface area contributed by atoms with Gasteiger partial charge in [-0.2, -0.15) is 0 Å². The number of hydrogen-bond acceptors (Lipinski definition) is 0. The van der Waals surface area contributed by atoms with Crippen LogP contribution in [-0.2, 0) is 21.1 Å². The van der Waals surface area contributed by atoms with E-state index in [4.69, 9.17) is 6.58 Å². The maximum atomic E-state index is 5.34. The molecule has 0 aliphatic rings. The van der Waals surface area contributed by atoms with Crippen molar-refractivity contribution >= 4 is 0 Å². The van der Waals surface area contributed by atoms with E-state index in [0.29, 0.717) is 5.92 Å². The Morgan fingerprint density at radius 1 is 1.56 bits per heavy atom. The predicted octanol–water partition coefficient (Wildman–Crippen LogP) is 2.38. The summed E-state index contributed by atoms with van der Waals surface area (Å²) in [5.74, 6) is 0.480. The standard InChI is InChI=1S/C8H12.W/c1-7(2)5-6-8(3)4;/h1,5,8H,2-4H3;/q-2;+2. The first-order chi connectivity index (χ1) is 3.63. The van der Waals surface area contributed by atoms with Gasteiger partial charge in [-0.05, 0) is 0 Å². The van der Waals surface area contributed by atoms with E-state index in [1.807, 2.05) is 13.0 Å². The second-order valence-corrected chi connectivity index (χ2v) is 2.21. The average molecular weight is 292 g/mol. The van der Waals surface area contributed by atoms with Gasteiger partial charge in [-0.1, -0.05) is 13.8 Å². The van der Waals surface area contributed by atoms with Gasteiger partial charge in [0.15, 0.2) is 0 Å². The summed E-state index contributed by atoms with van der Waals surface area (Å²) in [5.41, 5.74) is 0.818. The van der Waals surface area contributed by atoms with Crippen LogP contribution in [0.4, 0.5) is 0 Å². The van der Waals surface area contributed by atoms with Crippen LogP contribution < -0.4 is 0 Å². The zero-order valence-corrected chi connectivity index (χ0v) is 9.07. The van der Waals surface area contributed by atoms with E-state index in [9.17, 15) is 0 Å². The topological polar surface area (TPSA) is 0 Å². The van der Waals surface area contributed by atoms with Crippen LogP contribution in [-0.4, -0.2) is 0 Å². The molecule has 0 aromatic heterocycles. The zero-order chi connectivity index (χ0) is 6.57. The summed E-state index contributed by atoms with van der Waals surface area (Å²) in [7, 11) is 0. The van der Waals surface area contributed by atoms with Gasteiger partial charge < -0.3 is 24.3 Å². The van der Waals surface area contributed by atoms with E-state index in [2.05, 4.69) is 19.9 Å². The molecule has 0 unspecified atom stereocenters. The number of hydrogen-bond donors (Lipinski definition) is 0. The predicted molar refractivity (Wildman–Crippen MR) is 36.1 cm³/mol. The van der Waals surface area contributed by atoms with Gasteiger partial charge in [-0.25, -0.2) is 0 Å². The molecule has 9 heavy (non-hydrogen) atoms. The van der Waals surface area contributed by atoms with Crippen LogP contribution in [0, 0.1) is 18.6 Å². The van der Waals surface area contributed by atoms with Crippen LogP contribution >= 0.6 is 0 Å². The Kier molecular flexibility index (Phi) is 8.32. The van der Waals surface area contributed by atoms with Crippen molar-refractivity contribution in [1.82, 2.24) is 0 Å². The van der Waals surface area contributed by atoms with E-state index in [-0.39, 0.29) is 21.1 Å². The molecule has 0 bridgehead atoms. The first-order valence-electron chi connectivity index (χ1n) is 2.81. The van der Waals surface area contributed by atoms with Crippen LogP contribution in [0.25, 0.3) is 0 Å². The van der Waals surface area contributed by atoms with E-state index in [1.165, 1.54) is 0 Å². The summed E-state index contributed by atoms with van der Waals surface area (Å²) >= 11 is 0. The summed E-state index contributed by atoms with van der Waals surface area (Å²) < 4.78 is 0. The Labute approximate surface area is 72.3 Å². The Morgan fingerprint density at radius 3 is 2.11 bits per heavy atom. The van der Waals surface area contributed by atoms with E-state index in [1.54, 1.807) is 0 Å². The minimum Gasteiger partial charge on any atom is -0.391 e. The maximum Gasteiger partial charge on any atom is 2.00 e. The monoisotopic (exact) mass is 292 g/mol. The fourth-order valence-electron chi connectivity index (χ4n) is 0.298. The van der Waals surface area contributed by atoms with Gasteiger partial charge in [0.05, 0.1) is 0 Å². The molecule has 0 atom stereocenters. The van der Waals surface area contributed by atoms with Gasteiger partial charge in [0.25, 0.3) is 0 Å². The van der Waals surface area contributed by atoms with Gasteiger partial charge in [-0.3, -0.25) is 0 Å². The molecule has 0 spiro atoms. The summed E-state index contributed by atoms with van der Waals surface area (Å²) in [6.07, 6.45) is 4.87. The van der Waals surface area contributed by atoms with Crippen molar-refractivity contribution in [3.05, 3.63) is 24.3 Å². The van der Waals surface area contributed by atoms with E-state index in [0.717, 1.165) is 5.57 Å². The summed E-state index contributed by atoms with van der Waals surface area (Å²) in [5, 5.41) is 0. The molecule has 0 aliphatic heterocycles. The summed E-state index contributed by atoms with van der Waals surface area (Å²) in [6, 6.07) is 0. The molecule has 50 valence electrons. The van der Waals surface area contributed by atoms with Gasteiger partial charge in [0, 0.05) is 0 Å². The second-order valence-electron chi connectivity index (χ2n) is 2.21. The van der Waals surface area contributed by atoms with Crippen LogP contribution in [0.2, 0.25) is 0 Å². The number of allylic oxidation sites excluding steroid dienone is 3. The SMILES string of the molecule is [CH-]=C(C)C=[C-]C(C)C.[W+2]. The van der Waals surface area contributed by atoms with Crippen molar-refractivity contribution in [2.24, 2.45) is 5.92 Å². The first-order valence-corrected chi connectivity index (χ1v) is 2.81. The average Bonchev–Trinajstić information content (AvgIpc) is 1.61. The van der Waals surface area contributed by atoms with Crippen LogP contribution in [0.3, 0.4) is 0 Å². The fourth-order valence-corrected chi connectivity index (χ4v) is 0.298. The first kappa shape index (κ1) is 11.9. The Morgan fingerprint density at radius 2 is 2.00 bits per heavy atom. The Balaban J connectivity index is 0. The molecule has 0 N–H and O–H groups in total. The third-order valence-electron chi connectivity index (χ3n) is 0.644. The van der Waals surface area contributed by atoms with Crippen molar-refractivity contribution < 1.29 is 21.1 Å². The van der Waals surface area contributed by atoms with Crippen molar-refractivity contribution in [2.75, 3.05) is 0 Å². The molecule has 0 heterocycles. The molecule has 1 heteroatoms. The molecule has 0 aromatic carbocycles. The molecule has 0 rings (SSSR count). The zero-order valence-electron chi connectivity index (χ0n) is 6.14. The van der Waals surface area contributed by atoms with Crippen molar-refractivity contribution in [3.8, 4) is 0 Å². The smallest absolute Gasteiger partial charge is 0.391 e.